The van der Waals surface area contributed by atoms with Crippen molar-refractivity contribution in [2.45, 2.75) is 89.5 Å². The van der Waals surface area contributed by atoms with E-state index >= 15 is 0 Å². The lowest BCUT2D eigenvalue weighted by Gasteiger charge is -2.36. The largest absolute Gasteiger partial charge is 0.493 e. The topological polar surface area (TPSA) is 120 Å². The molecule has 1 aromatic rings. The number of carbonyl (C=O) groups excluding carboxylic acids is 4. The van der Waals surface area contributed by atoms with E-state index in [4.69, 9.17) is 18.9 Å². The molecule has 4 bridgehead atoms. The molecule has 220 valence electrons. The summed E-state index contributed by atoms with van der Waals surface area (Å²) in [5.74, 6) is -1.12. The normalized spacial score (nSPS) is 28.3. The number of rotatable bonds is 3. The van der Waals surface area contributed by atoms with Gasteiger partial charge >= 0.3 is 11.9 Å². The van der Waals surface area contributed by atoms with Gasteiger partial charge in [0.25, 0.3) is 0 Å². The minimum absolute atomic E-state index is 0.0837. The number of methoxy groups -OCH3 is 1. The molecule has 3 aliphatic rings. The van der Waals surface area contributed by atoms with Gasteiger partial charge in [-0.25, -0.2) is 4.79 Å². The Labute approximate surface area is 236 Å². The summed E-state index contributed by atoms with van der Waals surface area (Å²) >= 11 is 0. The molecule has 0 spiro atoms. The van der Waals surface area contributed by atoms with Crippen molar-refractivity contribution in [1.29, 1.82) is 0 Å². The molecule has 10 heteroatoms. The first-order valence-corrected chi connectivity index (χ1v) is 14.3. The van der Waals surface area contributed by atoms with E-state index in [9.17, 15) is 19.2 Å². The van der Waals surface area contributed by atoms with Crippen LogP contribution in [-0.2, 0) is 39.8 Å². The van der Waals surface area contributed by atoms with Gasteiger partial charge < -0.3 is 29.2 Å². The summed E-state index contributed by atoms with van der Waals surface area (Å²) in [7, 11) is 1.30. The number of hydrogen-bond donors (Lipinski definition) is 1. The molecule has 40 heavy (non-hydrogen) atoms. The Bertz CT molecular complexity index is 1080. The lowest BCUT2D eigenvalue weighted by molar-refractivity contribution is -0.161. The minimum atomic E-state index is -0.842. The summed E-state index contributed by atoms with van der Waals surface area (Å²) < 4.78 is 22.5. The van der Waals surface area contributed by atoms with Gasteiger partial charge in [-0.15, -0.1) is 0 Å². The van der Waals surface area contributed by atoms with E-state index in [1.807, 2.05) is 45.0 Å². The van der Waals surface area contributed by atoms with E-state index in [0.717, 1.165) is 5.56 Å². The van der Waals surface area contributed by atoms with Crippen molar-refractivity contribution >= 4 is 23.8 Å². The van der Waals surface area contributed by atoms with Gasteiger partial charge in [0.1, 0.15) is 23.4 Å². The second-order valence-electron chi connectivity index (χ2n) is 12.0. The number of esters is 2. The van der Waals surface area contributed by atoms with Gasteiger partial charge in [-0.05, 0) is 70.1 Å². The Morgan fingerprint density at radius 1 is 1.05 bits per heavy atom. The van der Waals surface area contributed by atoms with Crippen molar-refractivity contribution in [3.63, 3.8) is 0 Å². The van der Waals surface area contributed by atoms with Gasteiger partial charge in [0.05, 0.1) is 38.8 Å². The Balaban J connectivity index is 1.56. The lowest BCUT2D eigenvalue weighted by atomic mass is 9.78. The van der Waals surface area contributed by atoms with Gasteiger partial charge in [0.2, 0.25) is 11.8 Å². The number of nitrogens with one attached hydrogen (secondary N) is 1. The molecular formula is C30H42N2O8. The molecular weight excluding hydrogens is 516 g/mol. The van der Waals surface area contributed by atoms with Crippen LogP contribution in [0.25, 0.3) is 0 Å². The highest BCUT2D eigenvalue weighted by atomic mass is 16.6. The molecule has 0 aromatic heterocycles. The maximum Gasteiger partial charge on any atom is 0.328 e. The number of fused-ring (bicyclic) bond motifs is 4. The van der Waals surface area contributed by atoms with E-state index in [0.29, 0.717) is 57.5 Å². The molecule has 1 saturated carbocycles. The molecule has 1 aliphatic carbocycles. The molecule has 1 saturated heterocycles. The highest BCUT2D eigenvalue weighted by Gasteiger charge is 2.45. The number of ether oxygens (including phenoxy) is 4. The average molecular weight is 559 g/mol. The molecule has 1 N–H and O–H groups in total. The number of hydrogen-bond acceptors (Lipinski definition) is 8. The SMILES string of the molecule is COC(=O)[C@@H]1C[C@@H]2CN1C(=O)[C@H](C1CCC(C(=O)OC(C)(C)C)CC1)NC(=O)Cc1cccc(c1)OCCCO2. The fourth-order valence-corrected chi connectivity index (χ4v) is 5.81. The fraction of sp³-hybridized carbons (Fsp3) is 0.667. The van der Waals surface area contributed by atoms with Crippen molar-refractivity contribution in [2.24, 2.45) is 11.8 Å². The zero-order chi connectivity index (χ0) is 28.9. The second-order valence-corrected chi connectivity index (χ2v) is 12.0. The number of carbonyl (C=O) groups is 4. The van der Waals surface area contributed by atoms with Gasteiger partial charge in [-0.3, -0.25) is 14.4 Å². The van der Waals surface area contributed by atoms with Crippen LogP contribution in [0.1, 0.15) is 64.9 Å². The van der Waals surface area contributed by atoms with Crippen molar-refractivity contribution in [2.75, 3.05) is 26.9 Å². The van der Waals surface area contributed by atoms with E-state index in [1.54, 1.807) is 0 Å². The summed E-state index contributed by atoms with van der Waals surface area (Å²) in [5.41, 5.74) is 0.201. The van der Waals surface area contributed by atoms with Crippen molar-refractivity contribution in [1.82, 2.24) is 10.2 Å². The molecule has 4 rings (SSSR count). The smallest absolute Gasteiger partial charge is 0.328 e. The van der Waals surface area contributed by atoms with Crippen LogP contribution in [-0.4, -0.2) is 79.3 Å². The average Bonchev–Trinajstić information content (AvgIpc) is 3.34. The van der Waals surface area contributed by atoms with Gasteiger partial charge in [-0.2, -0.15) is 0 Å². The van der Waals surface area contributed by atoms with Crippen LogP contribution >= 0.6 is 0 Å². The third-order valence-corrected chi connectivity index (χ3v) is 7.76. The van der Waals surface area contributed by atoms with Crippen molar-refractivity contribution in [3.05, 3.63) is 29.8 Å². The number of amides is 2. The Hall–Kier alpha value is -3.14. The van der Waals surface area contributed by atoms with Crippen LogP contribution in [0.15, 0.2) is 24.3 Å². The number of benzene rings is 1. The zero-order valence-electron chi connectivity index (χ0n) is 24.0. The van der Waals surface area contributed by atoms with Crippen molar-refractivity contribution < 1.29 is 38.1 Å². The second kappa shape index (κ2) is 13.0. The maximum atomic E-state index is 14.1. The summed E-state index contributed by atoms with van der Waals surface area (Å²) in [6, 6.07) is 5.73. The zero-order valence-corrected chi connectivity index (χ0v) is 24.0. The molecule has 10 nitrogen and oxygen atoms in total. The number of nitrogens with zero attached hydrogens (tertiary/aromatic N) is 1. The summed E-state index contributed by atoms with van der Waals surface area (Å²) in [5, 5.41) is 2.99. The molecule has 2 heterocycles. The summed E-state index contributed by atoms with van der Waals surface area (Å²) in [6.45, 7) is 6.63. The van der Waals surface area contributed by atoms with E-state index in [1.165, 1.54) is 12.0 Å². The highest BCUT2D eigenvalue weighted by Crippen LogP contribution is 2.34. The maximum absolute atomic E-state index is 14.1. The van der Waals surface area contributed by atoms with Crippen molar-refractivity contribution in [3.8, 4) is 5.75 Å². The highest BCUT2D eigenvalue weighted by molar-refractivity contribution is 5.92. The molecule has 0 radical (unpaired) electrons. The monoisotopic (exact) mass is 558 g/mol. The molecule has 1 aromatic carbocycles. The van der Waals surface area contributed by atoms with Crippen LogP contribution in [0.3, 0.4) is 0 Å². The van der Waals surface area contributed by atoms with Crippen LogP contribution in [0.2, 0.25) is 0 Å². The van der Waals surface area contributed by atoms with Crippen LogP contribution < -0.4 is 10.1 Å². The van der Waals surface area contributed by atoms with Crippen LogP contribution in [0.5, 0.6) is 5.75 Å². The summed E-state index contributed by atoms with van der Waals surface area (Å²) in [6.07, 6.45) is 2.98. The van der Waals surface area contributed by atoms with E-state index < -0.39 is 23.7 Å². The van der Waals surface area contributed by atoms with E-state index in [2.05, 4.69) is 5.32 Å². The molecule has 0 unspecified atom stereocenters. The lowest BCUT2D eigenvalue weighted by Crippen LogP contribution is -2.55. The first kappa shape index (κ1) is 29.8. The van der Waals surface area contributed by atoms with Crippen LogP contribution in [0, 0.1) is 11.8 Å². The summed E-state index contributed by atoms with van der Waals surface area (Å²) in [4.78, 5) is 54.2. The molecule has 2 aliphatic heterocycles. The van der Waals surface area contributed by atoms with Gasteiger partial charge in [0.15, 0.2) is 0 Å². The van der Waals surface area contributed by atoms with Gasteiger partial charge in [0, 0.05) is 19.4 Å². The molecule has 2 amide bonds. The first-order valence-electron chi connectivity index (χ1n) is 14.3. The Morgan fingerprint density at radius 3 is 2.50 bits per heavy atom. The predicted octanol–water partition coefficient (Wildman–Crippen LogP) is 2.80. The molecule has 2 fully saturated rings. The minimum Gasteiger partial charge on any atom is -0.493 e. The Kier molecular flexibility index (Phi) is 9.71. The van der Waals surface area contributed by atoms with Crippen LogP contribution in [0.4, 0.5) is 0 Å². The predicted molar refractivity (Wildman–Crippen MR) is 145 cm³/mol. The van der Waals surface area contributed by atoms with Gasteiger partial charge in [-0.1, -0.05) is 12.1 Å². The standard InChI is InChI=1S/C30H42N2O8/c1-30(2,3)40-28(35)21-11-9-20(10-12-21)26-27(34)32-18-23(17-24(32)29(36)37-4)39-14-6-13-38-22-8-5-7-19(15-22)16-25(33)31-26/h5,7-8,15,20-21,23-24,26H,6,9-14,16-18H2,1-4H3,(H,31,33)/t20?,21?,23-,24+,26+/m1/s1. The fourth-order valence-electron chi connectivity index (χ4n) is 5.81. The van der Waals surface area contributed by atoms with E-state index in [-0.39, 0.29) is 48.7 Å². The third kappa shape index (κ3) is 7.74. The quantitative estimate of drug-likeness (QED) is 0.563. The first-order chi connectivity index (χ1) is 19.0. The third-order valence-electron chi connectivity index (χ3n) is 7.76. The Morgan fingerprint density at radius 2 is 1.80 bits per heavy atom. The molecule has 3 atom stereocenters.